The van der Waals surface area contributed by atoms with Crippen molar-refractivity contribution in [3.8, 4) is 0 Å². The fourth-order valence-corrected chi connectivity index (χ4v) is 1.21. The largest absolute Gasteiger partial charge is 0.405 e. The second kappa shape index (κ2) is 4.04. The molecule has 1 heterocycles. The number of β-amino-alcohol motifs (C(OH)–C–C–N with tert-alkyl or cyclic N) is 1. The third kappa shape index (κ3) is 3.41. The zero-order valence-electron chi connectivity index (χ0n) is 7.34. The lowest BCUT2D eigenvalue weighted by Crippen LogP contribution is -2.42. The standard InChI is InChI=1S/C7H11F3N2O2/c8-7(9,10)4-11-6(14)12-2-1-5(13)3-12/h5,13H,1-4H2,(H,11,14). The van der Waals surface area contributed by atoms with Gasteiger partial charge in [0.2, 0.25) is 0 Å². The Balaban J connectivity index is 2.29. The third-order valence-electron chi connectivity index (χ3n) is 1.89. The summed E-state index contributed by atoms with van der Waals surface area (Å²) in [5, 5.41) is 10.8. The summed E-state index contributed by atoms with van der Waals surface area (Å²) >= 11 is 0. The Morgan fingerprint density at radius 2 is 2.21 bits per heavy atom. The summed E-state index contributed by atoms with van der Waals surface area (Å²) in [6.45, 7) is -0.938. The second-order valence-corrected chi connectivity index (χ2v) is 3.16. The molecule has 0 aromatic heterocycles. The van der Waals surface area contributed by atoms with Crippen LogP contribution in [0.5, 0.6) is 0 Å². The summed E-state index contributed by atoms with van der Waals surface area (Å²) in [7, 11) is 0. The van der Waals surface area contributed by atoms with Crippen LogP contribution >= 0.6 is 0 Å². The van der Waals surface area contributed by atoms with Gasteiger partial charge in [0.25, 0.3) is 0 Å². The highest BCUT2D eigenvalue weighted by Crippen LogP contribution is 2.13. The molecule has 82 valence electrons. The fourth-order valence-electron chi connectivity index (χ4n) is 1.21. The number of nitrogens with one attached hydrogen (secondary N) is 1. The van der Waals surface area contributed by atoms with E-state index in [0.717, 1.165) is 4.90 Å². The molecule has 1 saturated heterocycles. The number of halogens is 3. The summed E-state index contributed by atoms with van der Waals surface area (Å²) in [4.78, 5) is 12.2. The van der Waals surface area contributed by atoms with Crippen LogP contribution in [-0.4, -0.2) is 48.0 Å². The highest BCUT2D eigenvalue weighted by atomic mass is 19.4. The number of rotatable bonds is 1. The van der Waals surface area contributed by atoms with Crippen molar-refractivity contribution >= 4 is 6.03 Å². The van der Waals surface area contributed by atoms with Crippen LogP contribution in [-0.2, 0) is 0 Å². The number of aliphatic hydroxyl groups is 1. The first kappa shape index (κ1) is 11.1. The van der Waals surface area contributed by atoms with E-state index in [2.05, 4.69) is 0 Å². The summed E-state index contributed by atoms with van der Waals surface area (Å²) in [6, 6.07) is -0.779. The molecule has 4 nitrogen and oxygen atoms in total. The van der Waals surface area contributed by atoms with Crippen LogP contribution in [0.15, 0.2) is 0 Å². The van der Waals surface area contributed by atoms with Gasteiger partial charge in [-0.3, -0.25) is 0 Å². The minimum absolute atomic E-state index is 0.101. The molecule has 2 amide bonds. The summed E-state index contributed by atoms with van der Waals surface area (Å²) in [6.07, 6.45) is -4.60. The summed E-state index contributed by atoms with van der Waals surface area (Å²) < 4.78 is 35.1. The third-order valence-corrected chi connectivity index (χ3v) is 1.89. The number of nitrogens with zero attached hydrogens (tertiary/aromatic N) is 1. The molecular weight excluding hydrogens is 201 g/mol. The van der Waals surface area contributed by atoms with Crippen molar-refractivity contribution < 1.29 is 23.1 Å². The molecule has 0 spiro atoms. The van der Waals surface area contributed by atoms with Crippen LogP contribution in [0.3, 0.4) is 0 Å². The summed E-state index contributed by atoms with van der Waals surface area (Å²) in [5.74, 6) is 0. The molecule has 14 heavy (non-hydrogen) atoms. The molecule has 0 aliphatic carbocycles. The Morgan fingerprint density at radius 3 is 2.64 bits per heavy atom. The first-order valence-corrected chi connectivity index (χ1v) is 4.16. The number of aliphatic hydroxyl groups excluding tert-OH is 1. The van der Waals surface area contributed by atoms with Gasteiger partial charge >= 0.3 is 12.2 Å². The highest BCUT2D eigenvalue weighted by molar-refractivity contribution is 5.74. The number of carbonyl (C=O) groups is 1. The first-order chi connectivity index (χ1) is 6.38. The van der Waals surface area contributed by atoms with Gasteiger partial charge in [0.05, 0.1) is 6.10 Å². The Kier molecular flexibility index (Phi) is 3.20. The average Bonchev–Trinajstić information content (AvgIpc) is 2.46. The van der Waals surface area contributed by atoms with Gasteiger partial charge in [-0.25, -0.2) is 4.79 Å². The van der Waals surface area contributed by atoms with Crippen molar-refractivity contribution in [1.29, 1.82) is 0 Å². The zero-order valence-corrected chi connectivity index (χ0v) is 7.34. The van der Waals surface area contributed by atoms with E-state index in [1.54, 1.807) is 5.32 Å². The van der Waals surface area contributed by atoms with Crippen molar-refractivity contribution in [2.45, 2.75) is 18.7 Å². The van der Waals surface area contributed by atoms with Crippen molar-refractivity contribution in [3.05, 3.63) is 0 Å². The van der Waals surface area contributed by atoms with Crippen molar-refractivity contribution in [2.24, 2.45) is 0 Å². The van der Waals surface area contributed by atoms with Gasteiger partial charge in [0.15, 0.2) is 0 Å². The quantitative estimate of drug-likeness (QED) is 0.657. The SMILES string of the molecule is O=C(NCC(F)(F)F)N1CCC(O)C1. The lowest BCUT2D eigenvalue weighted by atomic mass is 10.3. The molecule has 1 aliphatic rings. The minimum atomic E-state index is -4.39. The fraction of sp³-hybridized carbons (Fsp3) is 0.857. The van der Waals surface area contributed by atoms with E-state index >= 15 is 0 Å². The van der Waals surface area contributed by atoms with Gasteiger partial charge in [-0.15, -0.1) is 0 Å². The molecule has 0 aromatic rings. The molecule has 7 heteroatoms. The van der Waals surface area contributed by atoms with Crippen LogP contribution in [0.4, 0.5) is 18.0 Å². The highest BCUT2D eigenvalue weighted by Gasteiger charge is 2.30. The van der Waals surface area contributed by atoms with Gasteiger partial charge in [0, 0.05) is 13.1 Å². The van der Waals surface area contributed by atoms with Gasteiger partial charge in [-0.1, -0.05) is 0 Å². The van der Waals surface area contributed by atoms with E-state index in [9.17, 15) is 18.0 Å². The lowest BCUT2D eigenvalue weighted by molar-refractivity contribution is -0.123. The van der Waals surface area contributed by atoms with Crippen molar-refractivity contribution in [1.82, 2.24) is 10.2 Å². The molecule has 0 aromatic carbocycles. The van der Waals surface area contributed by atoms with Crippen LogP contribution in [0.2, 0.25) is 0 Å². The topological polar surface area (TPSA) is 52.6 Å². The Hall–Kier alpha value is -0.980. The predicted molar refractivity (Wildman–Crippen MR) is 41.7 cm³/mol. The molecule has 0 bridgehead atoms. The monoisotopic (exact) mass is 212 g/mol. The molecule has 1 unspecified atom stereocenters. The zero-order chi connectivity index (χ0) is 10.8. The number of carbonyl (C=O) groups excluding carboxylic acids is 1. The van der Waals surface area contributed by atoms with Crippen molar-refractivity contribution in [2.75, 3.05) is 19.6 Å². The lowest BCUT2D eigenvalue weighted by Gasteiger charge is -2.17. The molecule has 1 atom stereocenters. The second-order valence-electron chi connectivity index (χ2n) is 3.16. The maximum atomic E-state index is 11.7. The van der Waals surface area contributed by atoms with E-state index in [4.69, 9.17) is 5.11 Å². The molecule has 0 radical (unpaired) electrons. The first-order valence-electron chi connectivity index (χ1n) is 4.16. The van der Waals surface area contributed by atoms with Gasteiger partial charge in [0.1, 0.15) is 6.54 Å². The van der Waals surface area contributed by atoms with Crippen molar-refractivity contribution in [3.63, 3.8) is 0 Å². The maximum Gasteiger partial charge on any atom is 0.405 e. The van der Waals surface area contributed by atoms with E-state index in [-0.39, 0.29) is 6.54 Å². The van der Waals surface area contributed by atoms with E-state index in [1.807, 2.05) is 0 Å². The molecule has 2 N–H and O–H groups in total. The van der Waals surface area contributed by atoms with Gasteiger partial charge in [-0.05, 0) is 6.42 Å². The Bertz CT molecular complexity index is 219. The van der Waals surface area contributed by atoms with E-state index < -0.39 is 24.9 Å². The number of hydrogen-bond acceptors (Lipinski definition) is 2. The van der Waals surface area contributed by atoms with Gasteiger partial charge in [-0.2, -0.15) is 13.2 Å². The molecule has 1 aliphatic heterocycles. The minimum Gasteiger partial charge on any atom is -0.391 e. The molecular formula is C7H11F3N2O2. The van der Waals surface area contributed by atoms with E-state index in [1.165, 1.54) is 0 Å². The Labute approximate surface area is 78.7 Å². The van der Waals surface area contributed by atoms with E-state index in [0.29, 0.717) is 13.0 Å². The molecule has 1 rings (SSSR count). The molecule has 0 saturated carbocycles. The number of likely N-dealkylation sites (tertiary alicyclic amines) is 1. The summed E-state index contributed by atoms with van der Waals surface area (Å²) in [5.41, 5.74) is 0. The predicted octanol–water partition coefficient (Wildman–Crippen LogP) is 0.325. The molecule has 1 fully saturated rings. The number of urea groups is 1. The van der Waals surface area contributed by atoms with Crippen LogP contribution in [0.1, 0.15) is 6.42 Å². The van der Waals surface area contributed by atoms with Crippen LogP contribution in [0.25, 0.3) is 0 Å². The number of alkyl halides is 3. The number of amides is 2. The Morgan fingerprint density at radius 1 is 1.57 bits per heavy atom. The number of hydrogen-bond donors (Lipinski definition) is 2. The van der Waals surface area contributed by atoms with Gasteiger partial charge < -0.3 is 15.3 Å². The maximum absolute atomic E-state index is 11.7. The smallest absolute Gasteiger partial charge is 0.391 e. The van der Waals surface area contributed by atoms with Crippen LogP contribution < -0.4 is 5.32 Å². The average molecular weight is 212 g/mol. The van der Waals surface area contributed by atoms with Crippen LogP contribution in [0, 0.1) is 0 Å². The normalized spacial score (nSPS) is 22.6.